The molecule has 1 fully saturated rings. The molecule has 1 unspecified atom stereocenters. The summed E-state index contributed by atoms with van der Waals surface area (Å²) in [4.78, 5) is 2.31. The average Bonchev–Trinajstić information content (AvgIpc) is 2.87. The number of rotatable bonds is 8. The Morgan fingerprint density at radius 2 is 1.74 bits per heavy atom. The van der Waals surface area contributed by atoms with Gasteiger partial charge in [-0.05, 0) is 67.7 Å². The lowest BCUT2D eigenvalue weighted by Gasteiger charge is -2.41. The summed E-state index contributed by atoms with van der Waals surface area (Å²) in [5.74, 6) is 0.329. The lowest BCUT2D eigenvalue weighted by Crippen LogP contribution is -2.44. The Labute approximate surface area is 200 Å². The fourth-order valence-corrected chi connectivity index (χ4v) is 4.95. The van der Waals surface area contributed by atoms with E-state index < -0.39 is 0 Å². The number of piperidine rings is 1. The van der Waals surface area contributed by atoms with Gasteiger partial charge in [0.15, 0.2) is 0 Å². The Kier molecular flexibility index (Phi) is 7.47. The minimum absolute atomic E-state index is 0.216. The second-order valence-electron chi connectivity index (χ2n) is 9.05. The SMILES string of the molecule is COCC(OCC1(c2ccc(F)cc2)CCN(C)CC1)c1cc(C#N)c(OC)c2ccccc12. The molecule has 0 saturated carbocycles. The smallest absolute Gasteiger partial charge is 0.144 e. The number of methoxy groups -OCH3 is 2. The first kappa shape index (κ1) is 24.2. The number of hydrogen-bond acceptors (Lipinski definition) is 5. The third kappa shape index (κ3) is 4.78. The van der Waals surface area contributed by atoms with Crippen molar-refractivity contribution >= 4 is 10.8 Å². The summed E-state index contributed by atoms with van der Waals surface area (Å²) in [5.41, 5.74) is 2.24. The Bertz CT molecular complexity index is 1160. The lowest BCUT2D eigenvalue weighted by molar-refractivity contribution is -0.0362. The van der Waals surface area contributed by atoms with E-state index in [-0.39, 0.29) is 17.3 Å². The number of ether oxygens (including phenoxy) is 3. The first-order chi connectivity index (χ1) is 16.5. The third-order valence-corrected chi connectivity index (χ3v) is 6.98. The molecule has 34 heavy (non-hydrogen) atoms. The average molecular weight is 463 g/mol. The third-order valence-electron chi connectivity index (χ3n) is 6.98. The maximum atomic E-state index is 13.7. The molecule has 1 aliphatic heterocycles. The van der Waals surface area contributed by atoms with E-state index in [1.807, 2.05) is 42.5 Å². The molecule has 1 saturated heterocycles. The van der Waals surface area contributed by atoms with Crippen LogP contribution >= 0.6 is 0 Å². The summed E-state index contributed by atoms with van der Waals surface area (Å²) in [6, 6.07) is 18.8. The van der Waals surface area contributed by atoms with Crippen molar-refractivity contribution < 1.29 is 18.6 Å². The van der Waals surface area contributed by atoms with Crippen LogP contribution in [0, 0.1) is 17.1 Å². The molecule has 0 radical (unpaired) electrons. The van der Waals surface area contributed by atoms with E-state index in [1.165, 1.54) is 12.1 Å². The van der Waals surface area contributed by atoms with Crippen molar-refractivity contribution in [1.82, 2.24) is 4.90 Å². The second-order valence-corrected chi connectivity index (χ2v) is 9.05. The van der Waals surface area contributed by atoms with Crippen LogP contribution in [0.25, 0.3) is 10.8 Å². The van der Waals surface area contributed by atoms with Gasteiger partial charge in [0.2, 0.25) is 0 Å². The molecule has 0 N–H and O–H groups in total. The van der Waals surface area contributed by atoms with E-state index in [4.69, 9.17) is 14.2 Å². The molecule has 6 heteroatoms. The second kappa shape index (κ2) is 10.5. The van der Waals surface area contributed by atoms with Crippen molar-refractivity contribution in [3.63, 3.8) is 0 Å². The van der Waals surface area contributed by atoms with Crippen LogP contribution in [0.5, 0.6) is 5.75 Å². The molecule has 4 rings (SSSR count). The van der Waals surface area contributed by atoms with Gasteiger partial charge in [0.1, 0.15) is 23.7 Å². The van der Waals surface area contributed by atoms with Gasteiger partial charge in [0.25, 0.3) is 0 Å². The van der Waals surface area contributed by atoms with Gasteiger partial charge >= 0.3 is 0 Å². The molecule has 0 amide bonds. The van der Waals surface area contributed by atoms with Crippen LogP contribution in [-0.2, 0) is 14.9 Å². The number of halogens is 1. The molecule has 0 spiro atoms. The quantitative estimate of drug-likeness (QED) is 0.459. The molecular weight excluding hydrogens is 431 g/mol. The topological polar surface area (TPSA) is 54.7 Å². The van der Waals surface area contributed by atoms with Crippen LogP contribution in [0.15, 0.2) is 54.6 Å². The van der Waals surface area contributed by atoms with Crippen LogP contribution in [0.3, 0.4) is 0 Å². The first-order valence-corrected chi connectivity index (χ1v) is 11.6. The molecule has 3 aromatic rings. The van der Waals surface area contributed by atoms with Gasteiger partial charge < -0.3 is 19.1 Å². The van der Waals surface area contributed by atoms with Crippen molar-refractivity contribution in [2.24, 2.45) is 0 Å². The normalized spacial score (nSPS) is 16.8. The highest BCUT2D eigenvalue weighted by atomic mass is 19.1. The highest BCUT2D eigenvalue weighted by molar-refractivity contribution is 5.93. The minimum Gasteiger partial charge on any atom is -0.495 e. The maximum Gasteiger partial charge on any atom is 0.144 e. The van der Waals surface area contributed by atoms with Crippen molar-refractivity contribution in [3.05, 3.63) is 77.1 Å². The zero-order chi connectivity index (χ0) is 24.1. The van der Waals surface area contributed by atoms with E-state index >= 15 is 0 Å². The molecule has 3 aromatic carbocycles. The monoisotopic (exact) mass is 462 g/mol. The Balaban J connectivity index is 1.71. The number of likely N-dealkylation sites (tertiary alicyclic amines) is 1. The minimum atomic E-state index is -0.370. The molecule has 0 bridgehead atoms. The van der Waals surface area contributed by atoms with Crippen LogP contribution < -0.4 is 4.74 Å². The van der Waals surface area contributed by atoms with E-state index in [0.29, 0.717) is 24.5 Å². The van der Waals surface area contributed by atoms with E-state index in [1.54, 1.807) is 14.2 Å². The number of benzene rings is 3. The van der Waals surface area contributed by atoms with Gasteiger partial charge in [-0.2, -0.15) is 5.26 Å². The van der Waals surface area contributed by atoms with Gasteiger partial charge in [-0.3, -0.25) is 0 Å². The van der Waals surface area contributed by atoms with Crippen molar-refractivity contribution in [3.8, 4) is 11.8 Å². The molecular formula is C28H31FN2O3. The summed E-state index contributed by atoms with van der Waals surface area (Å²) in [6.45, 7) is 2.71. The molecule has 1 aliphatic rings. The van der Waals surface area contributed by atoms with Crippen LogP contribution in [0.4, 0.5) is 4.39 Å². The molecule has 0 aliphatic carbocycles. The molecule has 1 heterocycles. The predicted octanol–water partition coefficient (Wildman–Crippen LogP) is 5.23. The molecule has 1 atom stereocenters. The van der Waals surface area contributed by atoms with Crippen LogP contribution in [-0.4, -0.2) is 52.5 Å². The highest BCUT2D eigenvalue weighted by Crippen LogP contribution is 2.40. The van der Waals surface area contributed by atoms with Crippen molar-refractivity contribution in [1.29, 1.82) is 5.26 Å². The summed E-state index contributed by atoms with van der Waals surface area (Å²) < 4.78 is 31.4. The summed E-state index contributed by atoms with van der Waals surface area (Å²) in [6.07, 6.45) is 1.47. The van der Waals surface area contributed by atoms with Gasteiger partial charge in [-0.15, -0.1) is 0 Å². The van der Waals surface area contributed by atoms with Crippen molar-refractivity contribution in [2.75, 3.05) is 47.6 Å². The van der Waals surface area contributed by atoms with Crippen LogP contribution in [0.2, 0.25) is 0 Å². The van der Waals surface area contributed by atoms with Gasteiger partial charge in [-0.25, -0.2) is 4.39 Å². The number of fused-ring (bicyclic) bond motifs is 1. The highest BCUT2D eigenvalue weighted by Gasteiger charge is 2.37. The Morgan fingerprint density at radius 3 is 2.35 bits per heavy atom. The standard InChI is InChI=1S/C28H31FN2O3/c1-31-14-12-28(13-15-31,21-8-10-22(29)11-9-21)19-34-26(18-32-2)25-16-20(17-30)27(33-3)24-7-5-4-6-23(24)25/h4-11,16,26H,12-15,18-19H2,1-3H3. The van der Waals surface area contributed by atoms with Crippen LogP contribution in [0.1, 0.15) is 35.6 Å². The predicted molar refractivity (Wildman–Crippen MR) is 131 cm³/mol. The molecule has 0 aromatic heterocycles. The Hall–Kier alpha value is -2.98. The van der Waals surface area contributed by atoms with Gasteiger partial charge in [0, 0.05) is 17.9 Å². The van der Waals surface area contributed by atoms with Gasteiger partial charge in [0.05, 0.1) is 25.9 Å². The fourth-order valence-electron chi connectivity index (χ4n) is 4.95. The number of nitrogens with zero attached hydrogens (tertiary/aromatic N) is 2. The number of nitriles is 1. The lowest BCUT2D eigenvalue weighted by atomic mass is 9.73. The fraction of sp³-hybridized carbons (Fsp3) is 0.393. The van der Waals surface area contributed by atoms with E-state index in [2.05, 4.69) is 18.0 Å². The summed E-state index contributed by atoms with van der Waals surface area (Å²) >= 11 is 0. The Morgan fingerprint density at radius 1 is 1.06 bits per heavy atom. The summed E-state index contributed by atoms with van der Waals surface area (Å²) in [7, 11) is 5.35. The van der Waals surface area contributed by atoms with E-state index in [9.17, 15) is 9.65 Å². The van der Waals surface area contributed by atoms with Crippen molar-refractivity contribution in [2.45, 2.75) is 24.4 Å². The van der Waals surface area contributed by atoms with E-state index in [0.717, 1.165) is 47.8 Å². The summed E-state index contributed by atoms with van der Waals surface area (Å²) in [5, 5.41) is 11.6. The number of hydrogen-bond donors (Lipinski definition) is 0. The zero-order valence-electron chi connectivity index (χ0n) is 20.0. The first-order valence-electron chi connectivity index (χ1n) is 11.6. The molecule has 5 nitrogen and oxygen atoms in total. The van der Waals surface area contributed by atoms with Gasteiger partial charge in [-0.1, -0.05) is 36.4 Å². The zero-order valence-corrected chi connectivity index (χ0v) is 20.0. The molecule has 178 valence electrons. The maximum absolute atomic E-state index is 13.7. The largest absolute Gasteiger partial charge is 0.495 e.